The Balaban J connectivity index is 1.54. The highest BCUT2D eigenvalue weighted by Gasteiger charge is 2.30. The molecule has 0 saturated carbocycles. The van der Waals surface area contributed by atoms with Crippen molar-refractivity contribution >= 4 is 38.2 Å². The molecule has 1 heterocycles. The lowest BCUT2D eigenvalue weighted by Crippen LogP contribution is -2.22. The standard InChI is InChI=1S/C23H14N2O4S/c26-22-17-6-2-3-7-18(17)23(27)20-12-16(9-10-19(20)22)30(28,29)25-15-11-14-5-1-4-8-21(14)24-13-15/h1-13,25H. The number of anilines is 1. The van der Waals surface area contributed by atoms with Crippen molar-refractivity contribution in [3.8, 4) is 0 Å². The van der Waals surface area contributed by atoms with E-state index in [1.54, 1.807) is 30.3 Å². The van der Waals surface area contributed by atoms with Gasteiger partial charge in [-0.3, -0.25) is 19.3 Å². The van der Waals surface area contributed by atoms with Crippen molar-refractivity contribution in [2.75, 3.05) is 4.72 Å². The summed E-state index contributed by atoms with van der Waals surface area (Å²) in [5.41, 5.74) is 1.93. The van der Waals surface area contributed by atoms with Gasteiger partial charge in [0.25, 0.3) is 10.0 Å². The molecule has 30 heavy (non-hydrogen) atoms. The number of aromatic nitrogens is 1. The maximum atomic E-state index is 12.9. The van der Waals surface area contributed by atoms with Crippen LogP contribution in [0.15, 0.2) is 83.9 Å². The first-order valence-electron chi connectivity index (χ1n) is 9.14. The minimum Gasteiger partial charge on any atom is -0.289 e. The van der Waals surface area contributed by atoms with E-state index in [9.17, 15) is 18.0 Å². The summed E-state index contributed by atoms with van der Waals surface area (Å²) in [6.07, 6.45) is 1.43. The molecule has 4 aromatic rings. The predicted octanol–water partition coefficient (Wildman–Crippen LogP) is 3.81. The zero-order valence-electron chi connectivity index (χ0n) is 15.5. The molecule has 0 atom stereocenters. The van der Waals surface area contributed by atoms with Crippen molar-refractivity contribution < 1.29 is 18.0 Å². The number of rotatable bonds is 3. The molecular formula is C23H14N2O4S. The lowest BCUT2D eigenvalue weighted by Gasteiger charge is -2.18. The molecule has 1 aromatic heterocycles. The Hall–Kier alpha value is -3.84. The zero-order chi connectivity index (χ0) is 20.9. The molecule has 0 fully saturated rings. The van der Waals surface area contributed by atoms with E-state index < -0.39 is 10.0 Å². The van der Waals surface area contributed by atoms with Gasteiger partial charge in [0.15, 0.2) is 11.6 Å². The number of fused-ring (bicyclic) bond motifs is 3. The maximum Gasteiger partial charge on any atom is 0.261 e. The summed E-state index contributed by atoms with van der Waals surface area (Å²) in [7, 11) is -3.99. The van der Waals surface area contributed by atoms with Crippen LogP contribution in [0.2, 0.25) is 0 Å². The van der Waals surface area contributed by atoms with Gasteiger partial charge >= 0.3 is 0 Å². The van der Waals surface area contributed by atoms with Gasteiger partial charge in [-0.2, -0.15) is 0 Å². The van der Waals surface area contributed by atoms with Crippen molar-refractivity contribution in [1.82, 2.24) is 4.98 Å². The first-order valence-corrected chi connectivity index (χ1v) is 10.6. The maximum absolute atomic E-state index is 12.9. The molecule has 5 rings (SSSR count). The fourth-order valence-electron chi connectivity index (χ4n) is 3.59. The third kappa shape index (κ3) is 2.87. The number of pyridine rings is 1. The molecule has 0 saturated heterocycles. The Morgan fingerprint density at radius 3 is 2.10 bits per heavy atom. The quantitative estimate of drug-likeness (QED) is 0.485. The molecule has 1 aliphatic rings. The number of nitrogens with zero attached hydrogens (tertiary/aromatic N) is 1. The topological polar surface area (TPSA) is 93.2 Å². The van der Waals surface area contributed by atoms with Gasteiger partial charge in [-0.1, -0.05) is 42.5 Å². The van der Waals surface area contributed by atoms with E-state index >= 15 is 0 Å². The van der Waals surface area contributed by atoms with E-state index in [1.165, 1.54) is 24.4 Å². The van der Waals surface area contributed by atoms with E-state index in [0.29, 0.717) is 11.3 Å². The van der Waals surface area contributed by atoms with E-state index in [0.717, 1.165) is 10.9 Å². The first-order chi connectivity index (χ1) is 14.4. The van der Waals surface area contributed by atoms with Crippen molar-refractivity contribution in [3.63, 3.8) is 0 Å². The molecule has 7 heteroatoms. The molecule has 1 aliphatic carbocycles. The monoisotopic (exact) mass is 414 g/mol. The van der Waals surface area contributed by atoms with Crippen LogP contribution in [0.3, 0.4) is 0 Å². The van der Waals surface area contributed by atoms with Gasteiger partial charge in [0.2, 0.25) is 0 Å². The average molecular weight is 414 g/mol. The van der Waals surface area contributed by atoms with Crippen molar-refractivity contribution in [1.29, 1.82) is 0 Å². The van der Waals surface area contributed by atoms with E-state index in [-0.39, 0.29) is 33.2 Å². The fraction of sp³-hybridized carbons (Fsp3) is 0. The second-order valence-corrected chi connectivity index (χ2v) is 8.62. The summed E-state index contributed by atoms with van der Waals surface area (Å²) >= 11 is 0. The van der Waals surface area contributed by atoms with Gasteiger partial charge in [0.1, 0.15) is 0 Å². The van der Waals surface area contributed by atoms with Gasteiger partial charge in [-0.25, -0.2) is 8.42 Å². The van der Waals surface area contributed by atoms with Crippen LogP contribution < -0.4 is 4.72 Å². The molecule has 0 bridgehead atoms. The Bertz CT molecular complexity index is 1480. The highest BCUT2D eigenvalue weighted by molar-refractivity contribution is 7.92. The molecular weight excluding hydrogens is 400 g/mol. The van der Waals surface area contributed by atoms with Crippen LogP contribution in [0, 0.1) is 0 Å². The third-order valence-corrected chi connectivity index (χ3v) is 6.43. The number of carbonyl (C=O) groups is 2. The lowest BCUT2D eigenvalue weighted by atomic mass is 9.84. The smallest absolute Gasteiger partial charge is 0.261 e. The van der Waals surface area contributed by atoms with Crippen molar-refractivity contribution in [2.45, 2.75) is 4.90 Å². The average Bonchev–Trinajstić information content (AvgIpc) is 2.77. The Morgan fingerprint density at radius 1 is 0.700 bits per heavy atom. The van der Waals surface area contributed by atoms with Crippen LogP contribution in [0.1, 0.15) is 31.8 Å². The molecule has 0 spiro atoms. The number of ketones is 2. The van der Waals surface area contributed by atoms with Crippen LogP contribution in [0.25, 0.3) is 10.9 Å². The largest absolute Gasteiger partial charge is 0.289 e. The summed E-state index contributed by atoms with van der Waals surface area (Å²) in [4.78, 5) is 29.7. The zero-order valence-corrected chi connectivity index (χ0v) is 16.3. The van der Waals surface area contributed by atoms with E-state index in [2.05, 4.69) is 9.71 Å². The SMILES string of the molecule is O=C1c2ccccc2C(=O)c2cc(S(=O)(=O)Nc3cnc4ccccc4c3)ccc21. The van der Waals surface area contributed by atoms with Gasteiger partial charge in [-0.05, 0) is 30.3 Å². The Labute approximate surface area is 172 Å². The van der Waals surface area contributed by atoms with Crippen LogP contribution in [-0.4, -0.2) is 25.0 Å². The second kappa shape index (κ2) is 6.60. The summed E-state index contributed by atoms with van der Waals surface area (Å²) in [6.45, 7) is 0. The van der Waals surface area contributed by atoms with Crippen molar-refractivity contribution in [2.24, 2.45) is 0 Å². The Kier molecular flexibility index (Phi) is 4.01. The molecule has 0 unspecified atom stereocenters. The summed E-state index contributed by atoms with van der Waals surface area (Å²) in [5, 5.41) is 0.792. The van der Waals surface area contributed by atoms with Crippen LogP contribution in [-0.2, 0) is 10.0 Å². The minimum atomic E-state index is -3.99. The summed E-state index contributed by atoms with van der Waals surface area (Å²) in [6, 6.07) is 19.5. The Morgan fingerprint density at radius 2 is 1.33 bits per heavy atom. The minimum absolute atomic E-state index is 0.0817. The van der Waals surface area contributed by atoms with Crippen LogP contribution in [0.5, 0.6) is 0 Å². The van der Waals surface area contributed by atoms with Crippen molar-refractivity contribution in [3.05, 3.63) is 101 Å². The molecule has 0 radical (unpaired) electrons. The highest BCUT2D eigenvalue weighted by Crippen LogP contribution is 2.29. The summed E-state index contributed by atoms with van der Waals surface area (Å²) < 4.78 is 28.3. The normalized spacial score (nSPS) is 13.1. The molecule has 146 valence electrons. The van der Waals surface area contributed by atoms with E-state index in [1.807, 2.05) is 24.3 Å². The van der Waals surface area contributed by atoms with Gasteiger partial charge < -0.3 is 0 Å². The fourth-order valence-corrected chi connectivity index (χ4v) is 4.65. The number of benzene rings is 3. The predicted molar refractivity (Wildman–Crippen MR) is 112 cm³/mol. The van der Waals surface area contributed by atoms with Gasteiger partial charge in [-0.15, -0.1) is 0 Å². The lowest BCUT2D eigenvalue weighted by molar-refractivity contribution is 0.0979. The first kappa shape index (κ1) is 18.2. The number of nitrogens with one attached hydrogen (secondary N) is 1. The number of hydrogen-bond donors (Lipinski definition) is 1. The molecule has 1 N–H and O–H groups in total. The molecule has 0 aliphatic heterocycles. The van der Waals surface area contributed by atoms with E-state index in [4.69, 9.17) is 0 Å². The summed E-state index contributed by atoms with van der Waals surface area (Å²) in [5.74, 6) is -0.666. The number of hydrogen-bond acceptors (Lipinski definition) is 5. The number of para-hydroxylation sites is 1. The van der Waals surface area contributed by atoms with Crippen LogP contribution in [0.4, 0.5) is 5.69 Å². The van der Waals surface area contributed by atoms with Gasteiger partial charge in [0, 0.05) is 27.6 Å². The van der Waals surface area contributed by atoms with Gasteiger partial charge in [0.05, 0.1) is 22.3 Å². The second-order valence-electron chi connectivity index (χ2n) is 6.93. The highest BCUT2D eigenvalue weighted by atomic mass is 32.2. The molecule has 0 amide bonds. The molecule has 6 nitrogen and oxygen atoms in total. The number of sulfonamides is 1. The van der Waals surface area contributed by atoms with Crippen LogP contribution >= 0.6 is 0 Å². The number of carbonyl (C=O) groups excluding carboxylic acids is 2. The molecule has 3 aromatic carbocycles. The third-order valence-electron chi connectivity index (χ3n) is 5.05.